The van der Waals surface area contributed by atoms with Crippen molar-refractivity contribution in [3.63, 3.8) is 0 Å². The molecule has 0 bridgehead atoms. The summed E-state index contributed by atoms with van der Waals surface area (Å²) in [5.74, 6) is 0. The Bertz CT molecular complexity index is 157. The van der Waals surface area contributed by atoms with Gasteiger partial charge in [0.05, 0.1) is 0 Å². The quantitative estimate of drug-likeness (QED) is 0.346. The van der Waals surface area contributed by atoms with E-state index in [2.05, 4.69) is 30.9 Å². The molecule has 0 atom stereocenters. The van der Waals surface area contributed by atoms with Gasteiger partial charge in [-0.05, 0) is 32.1 Å². The number of allylic oxidation sites excluding steroid dienone is 5. The zero-order valence-corrected chi connectivity index (χ0v) is 8.28. The van der Waals surface area contributed by atoms with Crippen LogP contribution in [0.4, 0.5) is 0 Å². The first kappa shape index (κ1) is 12.2. The monoisotopic (exact) mass is 181 g/mol. The Morgan fingerprint density at radius 2 is 1.54 bits per heavy atom. The van der Waals surface area contributed by atoms with Gasteiger partial charge in [-0.1, -0.05) is 30.4 Å². The Balaban J connectivity index is 3.14. The number of rotatable bonds is 8. The van der Waals surface area contributed by atoms with Crippen LogP contribution in [0.15, 0.2) is 37.0 Å². The van der Waals surface area contributed by atoms with Crippen molar-refractivity contribution in [2.45, 2.75) is 32.1 Å². The van der Waals surface area contributed by atoms with Gasteiger partial charge in [0.1, 0.15) is 0 Å². The molecule has 0 aliphatic rings. The smallest absolute Gasteiger partial charge is 0.0433 e. The topological polar surface area (TPSA) is 20.2 Å². The molecule has 0 aromatic carbocycles. The van der Waals surface area contributed by atoms with Crippen LogP contribution in [-0.2, 0) is 0 Å². The lowest BCUT2D eigenvalue weighted by Crippen LogP contribution is -1.78. The fraction of sp³-hybridized carbons (Fsp3) is 0.500. The van der Waals surface area contributed by atoms with Gasteiger partial charge in [-0.2, -0.15) is 0 Å². The summed E-state index contributed by atoms with van der Waals surface area (Å²) in [5, 5.41) is 8.51. The number of hydrogen-bond donors (Lipinski definition) is 1. The molecule has 0 aromatic heterocycles. The SMILES string of the molecule is C=CC/C=C\CC/C=C/CC[13CH2]O. The summed E-state index contributed by atoms with van der Waals surface area (Å²) in [6.07, 6.45) is 15.6. The molecule has 1 N–H and O–H groups in total. The average Bonchev–Trinajstić information content (AvgIpc) is 2.16. The lowest BCUT2D eigenvalue weighted by Gasteiger charge is -1.88. The van der Waals surface area contributed by atoms with Crippen molar-refractivity contribution in [1.82, 2.24) is 0 Å². The molecule has 0 unspecified atom stereocenters. The Labute approximate surface area is 81.5 Å². The average molecular weight is 181 g/mol. The number of aliphatic hydroxyl groups excluding tert-OH is 1. The fourth-order valence-corrected chi connectivity index (χ4v) is 0.948. The fourth-order valence-electron chi connectivity index (χ4n) is 0.948. The second-order valence-corrected chi connectivity index (χ2v) is 2.91. The van der Waals surface area contributed by atoms with Crippen LogP contribution in [0.5, 0.6) is 0 Å². The van der Waals surface area contributed by atoms with E-state index in [1.54, 1.807) is 0 Å². The van der Waals surface area contributed by atoms with Gasteiger partial charge in [-0.25, -0.2) is 0 Å². The molecule has 0 aliphatic carbocycles. The van der Waals surface area contributed by atoms with E-state index in [0.29, 0.717) is 6.61 Å². The molecule has 0 aromatic rings. The Morgan fingerprint density at radius 3 is 2.15 bits per heavy atom. The molecule has 0 fully saturated rings. The normalized spacial score (nSPS) is 11.5. The van der Waals surface area contributed by atoms with Gasteiger partial charge < -0.3 is 5.11 Å². The summed E-state index contributed by atoms with van der Waals surface area (Å²) >= 11 is 0. The molecule has 0 heterocycles. The molecule has 0 spiro atoms. The van der Waals surface area contributed by atoms with Crippen molar-refractivity contribution in [3.8, 4) is 0 Å². The van der Waals surface area contributed by atoms with E-state index in [1.165, 1.54) is 0 Å². The first-order valence-corrected chi connectivity index (χ1v) is 4.93. The summed E-state index contributed by atoms with van der Waals surface area (Å²) in [7, 11) is 0. The van der Waals surface area contributed by atoms with Crippen molar-refractivity contribution >= 4 is 0 Å². The van der Waals surface area contributed by atoms with Gasteiger partial charge in [0.25, 0.3) is 0 Å². The van der Waals surface area contributed by atoms with Gasteiger partial charge >= 0.3 is 0 Å². The predicted molar refractivity (Wildman–Crippen MR) is 58.6 cm³/mol. The summed E-state index contributed by atoms with van der Waals surface area (Å²) in [6, 6.07) is 0. The van der Waals surface area contributed by atoms with Crippen LogP contribution in [0.25, 0.3) is 0 Å². The van der Waals surface area contributed by atoms with Gasteiger partial charge in [-0.3, -0.25) is 0 Å². The molecule has 74 valence electrons. The van der Waals surface area contributed by atoms with Crippen LogP contribution >= 0.6 is 0 Å². The largest absolute Gasteiger partial charge is 0.396 e. The highest BCUT2D eigenvalue weighted by atomic mass is 16.3. The van der Waals surface area contributed by atoms with Crippen molar-refractivity contribution in [2.24, 2.45) is 0 Å². The van der Waals surface area contributed by atoms with E-state index in [1.807, 2.05) is 6.08 Å². The van der Waals surface area contributed by atoms with Crippen molar-refractivity contribution < 1.29 is 5.11 Å². The third kappa shape index (κ3) is 11.2. The molecule has 1 heteroatoms. The zero-order valence-electron chi connectivity index (χ0n) is 8.28. The second kappa shape index (κ2) is 11.2. The predicted octanol–water partition coefficient (Wildman–Crippen LogP) is 3.23. The zero-order chi connectivity index (χ0) is 9.78. The Kier molecular flexibility index (Phi) is 10.5. The molecule has 0 aliphatic heterocycles. The van der Waals surface area contributed by atoms with E-state index in [0.717, 1.165) is 32.1 Å². The maximum absolute atomic E-state index is 8.51. The molecule has 0 saturated heterocycles. The van der Waals surface area contributed by atoms with Crippen LogP contribution in [0.1, 0.15) is 32.1 Å². The number of hydrogen-bond acceptors (Lipinski definition) is 1. The molecule has 0 radical (unpaired) electrons. The Hall–Kier alpha value is -0.820. The van der Waals surface area contributed by atoms with Crippen molar-refractivity contribution in [3.05, 3.63) is 37.0 Å². The van der Waals surface area contributed by atoms with E-state index in [-0.39, 0.29) is 0 Å². The minimum atomic E-state index is 0.295. The lowest BCUT2D eigenvalue weighted by atomic mass is 10.2. The first-order valence-electron chi connectivity index (χ1n) is 4.93. The molecule has 1 nitrogen and oxygen atoms in total. The van der Waals surface area contributed by atoms with Crippen molar-refractivity contribution in [1.29, 1.82) is 0 Å². The molecular weight excluding hydrogens is 161 g/mol. The third-order valence-corrected chi connectivity index (χ3v) is 1.66. The minimum absolute atomic E-state index is 0.295. The highest BCUT2D eigenvalue weighted by Gasteiger charge is 1.79. The molecule has 13 heavy (non-hydrogen) atoms. The first-order chi connectivity index (χ1) is 6.41. The van der Waals surface area contributed by atoms with E-state index >= 15 is 0 Å². The molecule has 0 rings (SSSR count). The maximum Gasteiger partial charge on any atom is 0.0433 e. The van der Waals surface area contributed by atoms with Gasteiger partial charge in [0.15, 0.2) is 0 Å². The van der Waals surface area contributed by atoms with Gasteiger partial charge in [0, 0.05) is 6.61 Å². The van der Waals surface area contributed by atoms with Crippen LogP contribution in [-0.4, -0.2) is 11.7 Å². The summed E-state index contributed by atoms with van der Waals surface area (Å²) in [4.78, 5) is 0. The highest BCUT2D eigenvalue weighted by molar-refractivity contribution is 4.91. The van der Waals surface area contributed by atoms with Crippen molar-refractivity contribution in [2.75, 3.05) is 6.61 Å². The summed E-state index contributed by atoms with van der Waals surface area (Å²) in [5.41, 5.74) is 0. The standard InChI is InChI=1S/C12H20O/c1-2-3-4-5-6-7-8-9-10-11-12-13/h2,4-5,8-9,13H,1,3,6-7,10-12H2/b5-4-,9-8+/i12+1. The lowest BCUT2D eigenvalue weighted by molar-refractivity contribution is 0.289. The number of unbranched alkanes of at least 4 members (excludes halogenated alkanes) is 2. The molecule has 0 saturated carbocycles. The number of aliphatic hydroxyl groups is 1. The van der Waals surface area contributed by atoms with Crippen LogP contribution < -0.4 is 0 Å². The molecular formula is C12H20O. The highest BCUT2D eigenvalue weighted by Crippen LogP contribution is 1.97. The second-order valence-electron chi connectivity index (χ2n) is 2.91. The summed E-state index contributed by atoms with van der Waals surface area (Å²) < 4.78 is 0. The molecule has 0 amide bonds. The van der Waals surface area contributed by atoms with Crippen LogP contribution in [0, 0.1) is 0 Å². The van der Waals surface area contributed by atoms with Gasteiger partial charge in [-0.15, -0.1) is 6.58 Å². The third-order valence-electron chi connectivity index (χ3n) is 1.66. The van der Waals surface area contributed by atoms with Crippen LogP contribution in [0.2, 0.25) is 0 Å². The van der Waals surface area contributed by atoms with Crippen LogP contribution in [0.3, 0.4) is 0 Å². The Morgan fingerprint density at radius 1 is 0.923 bits per heavy atom. The van der Waals surface area contributed by atoms with E-state index in [4.69, 9.17) is 5.11 Å². The van der Waals surface area contributed by atoms with E-state index < -0.39 is 0 Å². The maximum atomic E-state index is 8.51. The summed E-state index contributed by atoms with van der Waals surface area (Å²) in [6.45, 7) is 3.93. The van der Waals surface area contributed by atoms with E-state index in [9.17, 15) is 0 Å². The van der Waals surface area contributed by atoms with Gasteiger partial charge in [0.2, 0.25) is 0 Å². The minimum Gasteiger partial charge on any atom is -0.396 e.